The van der Waals surface area contributed by atoms with E-state index in [-0.39, 0.29) is 5.69 Å². The van der Waals surface area contributed by atoms with Crippen LogP contribution in [0.1, 0.15) is 35.3 Å². The maximum absolute atomic E-state index is 12.8. The summed E-state index contributed by atoms with van der Waals surface area (Å²) < 4.78 is 0. The van der Waals surface area contributed by atoms with Gasteiger partial charge in [0.15, 0.2) is 0 Å². The molecule has 1 saturated heterocycles. The number of hydrazone groups is 1. The Hall–Kier alpha value is -3.25. The van der Waals surface area contributed by atoms with E-state index >= 15 is 0 Å². The van der Waals surface area contributed by atoms with Crippen molar-refractivity contribution in [1.82, 2.24) is 15.4 Å². The quantitative estimate of drug-likeness (QED) is 0.486. The van der Waals surface area contributed by atoms with E-state index < -0.39 is 5.91 Å². The molecule has 7 heteroatoms. The Morgan fingerprint density at radius 1 is 1.00 bits per heavy atom. The van der Waals surface area contributed by atoms with Crippen molar-refractivity contribution in [3.63, 3.8) is 0 Å². The van der Waals surface area contributed by atoms with Crippen molar-refractivity contribution in [3.8, 4) is 11.3 Å². The topological polar surface area (TPSA) is 70.5 Å². The van der Waals surface area contributed by atoms with Crippen molar-refractivity contribution in [2.45, 2.75) is 19.3 Å². The van der Waals surface area contributed by atoms with Crippen LogP contribution in [0.5, 0.6) is 0 Å². The molecule has 30 heavy (non-hydrogen) atoms. The number of anilines is 1. The minimum absolute atomic E-state index is 0.278. The van der Waals surface area contributed by atoms with Gasteiger partial charge in [0.1, 0.15) is 5.69 Å². The Bertz CT molecular complexity index is 1050. The van der Waals surface area contributed by atoms with Gasteiger partial charge in [-0.25, -0.2) is 15.4 Å². The SMILES string of the molecule is O=C(N/N=C/c1ccccc1Cl)c1cc(-c2ccccc2)nc(N2CCCCC2)n1. The summed E-state index contributed by atoms with van der Waals surface area (Å²) in [6.07, 6.45) is 4.93. The van der Waals surface area contributed by atoms with Crippen LogP contribution in [-0.2, 0) is 0 Å². The highest BCUT2D eigenvalue weighted by atomic mass is 35.5. The van der Waals surface area contributed by atoms with E-state index in [9.17, 15) is 4.79 Å². The van der Waals surface area contributed by atoms with Gasteiger partial charge in [0.05, 0.1) is 11.9 Å². The van der Waals surface area contributed by atoms with Crippen LogP contribution in [-0.4, -0.2) is 35.2 Å². The molecule has 2 heterocycles. The summed E-state index contributed by atoms with van der Waals surface area (Å²) in [5.41, 5.74) is 5.20. The number of benzene rings is 2. The summed E-state index contributed by atoms with van der Waals surface area (Å²) in [4.78, 5) is 24.2. The largest absolute Gasteiger partial charge is 0.341 e. The van der Waals surface area contributed by atoms with Crippen LogP contribution in [0.4, 0.5) is 5.95 Å². The normalized spacial score (nSPS) is 14.1. The fourth-order valence-electron chi connectivity index (χ4n) is 3.34. The van der Waals surface area contributed by atoms with Crippen LogP contribution in [0.25, 0.3) is 11.3 Å². The Morgan fingerprint density at radius 2 is 1.73 bits per heavy atom. The lowest BCUT2D eigenvalue weighted by Gasteiger charge is -2.27. The van der Waals surface area contributed by atoms with Crippen molar-refractivity contribution in [2.75, 3.05) is 18.0 Å². The molecule has 4 rings (SSSR count). The molecule has 1 fully saturated rings. The summed E-state index contributed by atoms with van der Waals surface area (Å²) in [7, 11) is 0. The summed E-state index contributed by atoms with van der Waals surface area (Å²) in [5, 5.41) is 4.61. The molecule has 3 aromatic rings. The molecule has 0 spiro atoms. The van der Waals surface area contributed by atoms with E-state index in [4.69, 9.17) is 16.6 Å². The average molecular weight is 420 g/mol. The van der Waals surface area contributed by atoms with Crippen LogP contribution in [0, 0.1) is 0 Å². The van der Waals surface area contributed by atoms with Gasteiger partial charge in [0.25, 0.3) is 5.91 Å². The van der Waals surface area contributed by atoms with Crippen LogP contribution < -0.4 is 10.3 Å². The molecule has 0 unspecified atom stereocenters. The first-order valence-corrected chi connectivity index (χ1v) is 10.4. The maximum atomic E-state index is 12.8. The Labute approximate surface area is 180 Å². The molecule has 2 aromatic carbocycles. The number of aromatic nitrogens is 2. The number of hydrogen-bond donors (Lipinski definition) is 1. The second kappa shape index (κ2) is 9.50. The minimum Gasteiger partial charge on any atom is -0.341 e. The molecule has 1 amide bonds. The van der Waals surface area contributed by atoms with Gasteiger partial charge in [0.2, 0.25) is 5.95 Å². The summed E-state index contributed by atoms with van der Waals surface area (Å²) in [5.74, 6) is 0.187. The minimum atomic E-state index is -0.392. The predicted molar refractivity (Wildman–Crippen MR) is 120 cm³/mol. The van der Waals surface area contributed by atoms with E-state index in [1.807, 2.05) is 48.5 Å². The van der Waals surface area contributed by atoms with Crippen LogP contribution in [0.3, 0.4) is 0 Å². The molecule has 0 aliphatic carbocycles. The Balaban J connectivity index is 1.60. The first-order valence-electron chi connectivity index (χ1n) is 9.98. The number of rotatable bonds is 5. The zero-order valence-corrected chi connectivity index (χ0v) is 17.2. The predicted octanol–water partition coefficient (Wildman–Crippen LogP) is 4.55. The highest BCUT2D eigenvalue weighted by molar-refractivity contribution is 6.33. The summed E-state index contributed by atoms with van der Waals surface area (Å²) in [6, 6.07) is 18.8. The zero-order valence-electron chi connectivity index (χ0n) is 16.5. The molecule has 1 aliphatic heterocycles. The van der Waals surface area contributed by atoms with Crippen molar-refractivity contribution in [1.29, 1.82) is 0 Å². The molecule has 6 nitrogen and oxygen atoms in total. The molecule has 0 saturated carbocycles. The van der Waals surface area contributed by atoms with E-state index in [0.717, 1.165) is 37.1 Å². The van der Waals surface area contributed by atoms with Crippen molar-refractivity contribution >= 4 is 29.7 Å². The monoisotopic (exact) mass is 419 g/mol. The van der Waals surface area contributed by atoms with Gasteiger partial charge in [-0.1, -0.05) is 60.1 Å². The lowest BCUT2D eigenvalue weighted by Crippen LogP contribution is -2.32. The highest BCUT2D eigenvalue weighted by Gasteiger charge is 2.18. The van der Waals surface area contributed by atoms with Gasteiger partial charge >= 0.3 is 0 Å². The molecule has 152 valence electrons. The Morgan fingerprint density at radius 3 is 2.50 bits per heavy atom. The van der Waals surface area contributed by atoms with Crippen LogP contribution in [0.2, 0.25) is 5.02 Å². The summed E-state index contributed by atoms with van der Waals surface area (Å²) >= 11 is 6.12. The molecule has 0 atom stereocenters. The number of hydrogen-bond acceptors (Lipinski definition) is 5. The standard InChI is InChI=1S/C23H22ClN5O/c24-19-12-6-5-11-18(19)16-25-28-22(30)21-15-20(17-9-3-1-4-10-17)26-23(27-21)29-13-7-2-8-14-29/h1,3-6,9-12,15-16H,2,7-8,13-14H2,(H,28,30)/b25-16+. The molecule has 1 N–H and O–H groups in total. The van der Waals surface area contributed by atoms with Crippen molar-refractivity contribution in [2.24, 2.45) is 5.10 Å². The van der Waals surface area contributed by atoms with Crippen molar-refractivity contribution < 1.29 is 4.79 Å². The number of nitrogens with one attached hydrogen (secondary N) is 1. The van der Waals surface area contributed by atoms with E-state index in [1.54, 1.807) is 12.1 Å². The lowest BCUT2D eigenvalue weighted by molar-refractivity contribution is 0.0950. The smallest absolute Gasteiger partial charge is 0.290 e. The van der Waals surface area contributed by atoms with Crippen LogP contribution in [0.15, 0.2) is 65.8 Å². The third kappa shape index (κ3) is 4.83. The number of carbonyl (C=O) groups excluding carboxylic acids is 1. The summed E-state index contributed by atoms with van der Waals surface area (Å²) in [6.45, 7) is 1.79. The fraction of sp³-hybridized carbons (Fsp3) is 0.217. The molecule has 1 aromatic heterocycles. The van der Waals surface area contributed by atoms with Gasteiger partial charge in [0, 0.05) is 29.2 Å². The molecular formula is C23H22ClN5O. The third-order valence-electron chi connectivity index (χ3n) is 4.93. The van der Waals surface area contributed by atoms with E-state index in [1.165, 1.54) is 12.6 Å². The Kier molecular flexibility index (Phi) is 6.35. The maximum Gasteiger partial charge on any atom is 0.290 e. The van der Waals surface area contributed by atoms with Gasteiger partial charge in [-0.2, -0.15) is 5.10 Å². The van der Waals surface area contributed by atoms with E-state index in [0.29, 0.717) is 16.7 Å². The molecule has 0 radical (unpaired) electrons. The first-order chi connectivity index (χ1) is 14.7. The fourth-order valence-corrected chi connectivity index (χ4v) is 3.53. The number of carbonyl (C=O) groups is 1. The van der Waals surface area contributed by atoms with Crippen LogP contribution >= 0.6 is 11.6 Å². The van der Waals surface area contributed by atoms with Gasteiger partial charge < -0.3 is 4.90 Å². The second-order valence-electron chi connectivity index (χ2n) is 7.07. The zero-order chi connectivity index (χ0) is 20.8. The van der Waals surface area contributed by atoms with Gasteiger partial charge in [-0.05, 0) is 31.4 Å². The van der Waals surface area contributed by atoms with E-state index in [2.05, 4.69) is 20.4 Å². The number of amides is 1. The molecular weight excluding hydrogens is 398 g/mol. The average Bonchev–Trinajstić information content (AvgIpc) is 2.81. The molecule has 0 bridgehead atoms. The number of halogens is 1. The van der Waals surface area contributed by atoms with Gasteiger partial charge in [-0.15, -0.1) is 0 Å². The molecule has 1 aliphatic rings. The van der Waals surface area contributed by atoms with Crippen molar-refractivity contribution in [3.05, 3.63) is 76.9 Å². The first kappa shape index (κ1) is 20.0. The second-order valence-corrected chi connectivity index (χ2v) is 7.48. The highest BCUT2D eigenvalue weighted by Crippen LogP contribution is 2.23. The van der Waals surface area contributed by atoms with Gasteiger partial charge in [-0.3, -0.25) is 4.79 Å². The lowest BCUT2D eigenvalue weighted by atomic mass is 10.1. The number of piperidine rings is 1. The third-order valence-corrected chi connectivity index (χ3v) is 5.27. The number of nitrogens with zero attached hydrogens (tertiary/aromatic N) is 4.